The summed E-state index contributed by atoms with van der Waals surface area (Å²) < 4.78 is 25.4. The lowest BCUT2D eigenvalue weighted by Gasteiger charge is -2.39. The summed E-state index contributed by atoms with van der Waals surface area (Å²) in [6.45, 7) is 2.78. The molecule has 7 nitrogen and oxygen atoms in total. The van der Waals surface area contributed by atoms with Gasteiger partial charge in [-0.25, -0.2) is 8.42 Å². The van der Waals surface area contributed by atoms with E-state index in [4.69, 9.17) is 10.8 Å². The summed E-state index contributed by atoms with van der Waals surface area (Å²) in [5.74, 6) is -1.33. The standard InChI is InChI=1S/C9H19N3O4S/c1-7(9(13)14)17(15,16)12-4-3-11(2)6-8(12)5-10/h7-8H,3-6,10H2,1-2H3,(H,13,14). The molecule has 1 aliphatic rings. The van der Waals surface area contributed by atoms with E-state index < -0.39 is 21.2 Å². The molecule has 0 amide bonds. The van der Waals surface area contributed by atoms with E-state index in [9.17, 15) is 13.2 Å². The first-order valence-electron chi connectivity index (χ1n) is 5.42. The Morgan fingerprint density at radius 3 is 2.59 bits per heavy atom. The van der Waals surface area contributed by atoms with Crippen LogP contribution in [0.25, 0.3) is 0 Å². The van der Waals surface area contributed by atoms with Crippen LogP contribution < -0.4 is 5.73 Å². The molecule has 1 rings (SSSR count). The van der Waals surface area contributed by atoms with Crippen molar-refractivity contribution in [2.45, 2.75) is 18.2 Å². The van der Waals surface area contributed by atoms with Crippen molar-refractivity contribution in [2.24, 2.45) is 5.73 Å². The van der Waals surface area contributed by atoms with E-state index >= 15 is 0 Å². The van der Waals surface area contributed by atoms with E-state index in [0.717, 1.165) is 0 Å². The van der Waals surface area contributed by atoms with Crippen molar-refractivity contribution in [2.75, 3.05) is 33.2 Å². The summed E-state index contributed by atoms with van der Waals surface area (Å²) in [5.41, 5.74) is 5.55. The zero-order valence-electron chi connectivity index (χ0n) is 10.0. The van der Waals surface area contributed by atoms with E-state index in [1.165, 1.54) is 11.2 Å². The molecule has 0 saturated carbocycles. The third-order valence-electron chi connectivity index (χ3n) is 3.03. The Bertz CT molecular complexity index is 384. The predicted molar refractivity (Wildman–Crippen MR) is 63.1 cm³/mol. The van der Waals surface area contributed by atoms with Gasteiger partial charge in [-0.15, -0.1) is 0 Å². The highest BCUT2D eigenvalue weighted by Crippen LogP contribution is 2.17. The zero-order valence-corrected chi connectivity index (χ0v) is 10.9. The minimum Gasteiger partial charge on any atom is -0.480 e. The van der Waals surface area contributed by atoms with Crippen LogP contribution in [0, 0.1) is 0 Å². The molecule has 2 unspecified atom stereocenters. The van der Waals surface area contributed by atoms with Crippen molar-refractivity contribution < 1.29 is 18.3 Å². The van der Waals surface area contributed by atoms with E-state index in [2.05, 4.69) is 0 Å². The second-order valence-electron chi connectivity index (χ2n) is 4.29. The number of aliphatic carboxylic acids is 1. The first kappa shape index (κ1) is 14.4. The molecule has 0 aliphatic carbocycles. The third-order valence-corrected chi connectivity index (χ3v) is 5.25. The lowest BCUT2D eigenvalue weighted by Crippen LogP contribution is -2.58. The van der Waals surface area contributed by atoms with Gasteiger partial charge in [-0.1, -0.05) is 0 Å². The Hall–Kier alpha value is -0.700. The highest BCUT2D eigenvalue weighted by Gasteiger charge is 2.39. The molecule has 1 saturated heterocycles. The minimum atomic E-state index is -3.82. The molecule has 8 heteroatoms. The van der Waals surface area contributed by atoms with Gasteiger partial charge in [0, 0.05) is 32.2 Å². The maximum atomic E-state index is 12.1. The summed E-state index contributed by atoms with van der Waals surface area (Å²) in [4.78, 5) is 12.8. The molecule has 1 heterocycles. The second-order valence-corrected chi connectivity index (χ2v) is 6.49. The summed E-state index contributed by atoms with van der Waals surface area (Å²) in [6, 6.07) is -0.347. The van der Waals surface area contributed by atoms with Gasteiger partial charge in [-0.2, -0.15) is 4.31 Å². The molecule has 3 N–H and O–H groups in total. The second kappa shape index (κ2) is 5.30. The van der Waals surface area contributed by atoms with Crippen molar-refractivity contribution >= 4 is 16.0 Å². The Morgan fingerprint density at radius 1 is 1.53 bits per heavy atom. The lowest BCUT2D eigenvalue weighted by molar-refractivity contribution is -0.136. The molecule has 0 radical (unpaired) electrons. The molecule has 100 valence electrons. The average molecular weight is 265 g/mol. The smallest absolute Gasteiger partial charge is 0.323 e. The molecule has 0 bridgehead atoms. The van der Waals surface area contributed by atoms with E-state index in [0.29, 0.717) is 19.6 Å². The number of hydrogen-bond donors (Lipinski definition) is 2. The maximum Gasteiger partial charge on any atom is 0.323 e. The molecule has 0 aromatic rings. The van der Waals surface area contributed by atoms with Gasteiger partial charge in [-0.05, 0) is 14.0 Å². The molecule has 0 spiro atoms. The van der Waals surface area contributed by atoms with E-state index in [-0.39, 0.29) is 12.6 Å². The summed E-state index contributed by atoms with van der Waals surface area (Å²) in [5, 5.41) is 7.38. The number of nitrogens with zero attached hydrogens (tertiary/aromatic N) is 2. The quantitative estimate of drug-likeness (QED) is 0.632. The fourth-order valence-corrected chi connectivity index (χ4v) is 3.42. The number of sulfonamides is 1. The number of carboxylic acid groups (broad SMARTS) is 1. The molecule has 0 aromatic heterocycles. The highest BCUT2D eigenvalue weighted by atomic mass is 32.2. The van der Waals surface area contributed by atoms with Crippen molar-refractivity contribution in [3.8, 4) is 0 Å². The monoisotopic (exact) mass is 265 g/mol. The molecule has 17 heavy (non-hydrogen) atoms. The first-order valence-corrected chi connectivity index (χ1v) is 6.93. The topological polar surface area (TPSA) is 104 Å². The largest absolute Gasteiger partial charge is 0.480 e. The van der Waals surface area contributed by atoms with Crippen molar-refractivity contribution in [1.82, 2.24) is 9.21 Å². The van der Waals surface area contributed by atoms with Gasteiger partial charge >= 0.3 is 5.97 Å². The fourth-order valence-electron chi connectivity index (χ4n) is 1.85. The SMILES string of the molecule is CC(C(=O)O)S(=O)(=O)N1CCN(C)CC1CN. The Morgan fingerprint density at radius 2 is 2.12 bits per heavy atom. The molecule has 0 aromatic carbocycles. The molecule has 2 atom stereocenters. The van der Waals surface area contributed by atoms with E-state index in [1.807, 2.05) is 11.9 Å². The van der Waals surface area contributed by atoms with Gasteiger partial charge in [0.15, 0.2) is 5.25 Å². The van der Waals surface area contributed by atoms with Gasteiger partial charge in [0.1, 0.15) is 0 Å². The highest BCUT2D eigenvalue weighted by molar-refractivity contribution is 7.90. The number of hydrogen-bond acceptors (Lipinski definition) is 5. The van der Waals surface area contributed by atoms with E-state index in [1.54, 1.807) is 0 Å². The van der Waals surface area contributed by atoms with Crippen molar-refractivity contribution in [3.63, 3.8) is 0 Å². The van der Waals surface area contributed by atoms with Crippen LogP contribution in [0.5, 0.6) is 0 Å². The average Bonchev–Trinajstić information content (AvgIpc) is 2.27. The number of likely N-dealkylation sites (N-methyl/N-ethyl adjacent to an activating group) is 1. The van der Waals surface area contributed by atoms with Crippen LogP contribution in [0.3, 0.4) is 0 Å². The van der Waals surface area contributed by atoms with Gasteiger partial charge in [0.2, 0.25) is 10.0 Å². The number of piperazine rings is 1. The first-order chi connectivity index (χ1) is 7.80. The van der Waals surface area contributed by atoms with Gasteiger partial charge in [0.25, 0.3) is 0 Å². The van der Waals surface area contributed by atoms with Crippen LogP contribution in [0.2, 0.25) is 0 Å². The van der Waals surface area contributed by atoms with Crippen molar-refractivity contribution in [3.05, 3.63) is 0 Å². The predicted octanol–water partition coefficient (Wildman–Crippen LogP) is -1.64. The van der Waals surface area contributed by atoms with Crippen molar-refractivity contribution in [1.29, 1.82) is 0 Å². The van der Waals surface area contributed by atoms with Crippen LogP contribution in [0.4, 0.5) is 0 Å². The molecule has 1 aliphatic heterocycles. The van der Waals surface area contributed by atoms with Crippen LogP contribution in [0.15, 0.2) is 0 Å². The van der Waals surface area contributed by atoms with Crippen LogP contribution in [-0.4, -0.2) is 73.2 Å². The number of carboxylic acids is 1. The Kier molecular flexibility index (Phi) is 4.48. The van der Waals surface area contributed by atoms with Crippen LogP contribution in [0.1, 0.15) is 6.92 Å². The zero-order chi connectivity index (χ0) is 13.2. The fraction of sp³-hybridized carbons (Fsp3) is 0.889. The number of rotatable bonds is 4. The van der Waals surface area contributed by atoms with Crippen LogP contribution in [-0.2, 0) is 14.8 Å². The third kappa shape index (κ3) is 2.95. The summed E-state index contributed by atoms with van der Waals surface area (Å²) in [6.07, 6.45) is 0. The minimum absolute atomic E-state index is 0.190. The van der Waals surface area contributed by atoms with Crippen LogP contribution >= 0.6 is 0 Å². The van der Waals surface area contributed by atoms with Gasteiger partial charge in [0.05, 0.1) is 0 Å². The number of carbonyl (C=O) groups is 1. The molecule has 1 fully saturated rings. The molecular formula is C9H19N3O4S. The van der Waals surface area contributed by atoms with Gasteiger partial charge < -0.3 is 15.7 Å². The summed E-state index contributed by atoms with van der Waals surface area (Å²) >= 11 is 0. The maximum absolute atomic E-state index is 12.1. The van der Waals surface area contributed by atoms with Gasteiger partial charge in [-0.3, -0.25) is 4.79 Å². The molecular weight excluding hydrogens is 246 g/mol. The Balaban J connectivity index is 2.94. The number of nitrogens with two attached hydrogens (primary N) is 1. The normalized spacial score (nSPS) is 25.7. The summed E-state index contributed by atoms with van der Waals surface area (Å²) in [7, 11) is -1.94. The Labute approximate surface area is 101 Å². The lowest BCUT2D eigenvalue weighted by atomic mass is 10.2.